The predicted octanol–water partition coefficient (Wildman–Crippen LogP) is 3.48. The van der Waals surface area contributed by atoms with Gasteiger partial charge >= 0.3 is 0 Å². The Hall–Kier alpha value is -1.92. The van der Waals surface area contributed by atoms with Crippen LogP contribution in [0.3, 0.4) is 0 Å². The van der Waals surface area contributed by atoms with Crippen LogP contribution in [-0.2, 0) is 16.3 Å². The third-order valence-corrected chi connectivity index (χ3v) is 5.47. The molecule has 0 aliphatic carbocycles. The zero-order valence-electron chi connectivity index (χ0n) is 12.9. The number of benzene rings is 2. The van der Waals surface area contributed by atoms with E-state index in [-0.39, 0.29) is 16.1 Å². The van der Waals surface area contributed by atoms with E-state index in [1.807, 2.05) is 0 Å². The Morgan fingerprint density at radius 3 is 2.71 bits per heavy atom. The van der Waals surface area contributed by atoms with Gasteiger partial charge in [0.15, 0.2) is 9.84 Å². The van der Waals surface area contributed by atoms with Gasteiger partial charge in [-0.2, -0.15) is 0 Å². The zero-order valence-corrected chi connectivity index (χ0v) is 14.5. The highest BCUT2D eigenvalue weighted by Gasteiger charge is 2.28. The fourth-order valence-electron chi connectivity index (χ4n) is 2.86. The van der Waals surface area contributed by atoms with Crippen LogP contribution in [0, 0.1) is 5.82 Å². The lowest BCUT2D eigenvalue weighted by molar-refractivity contribution is 0.0984. The number of fused-ring (bicyclic) bond motifs is 1. The second-order valence-electron chi connectivity index (χ2n) is 5.72. The van der Waals surface area contributed by atoms with Crippen LogP contribution >= 0.6 is 11.6 Å². The van der Waals surface area contributed by atoms with Gasteiger partial charge in [0.25, 0.3) is 5.91 Å². The third kappa shape index (κ3) is 3.03. The first-order chi connectivity index (χ1) is 11.3. The van der Waals surface area contributed by atoms with Crippen LogP contribution in [0.2, 0.25) is 5.02 Å². The molecule has 0 bridgehead atoms. The van der Waals surface area contributed by atoms with Crippen molar-refractivity contribution < 1.29 is 17.6 Å². The standard InChI is InChI=1S/C17H15ClFNO3S/c1-24(22,23)12-5-2-4-11(10-12)17(21)20-9-3-6-13-14(18)7-8-15(19)16(13)20/h2,4-5,7-8,10H,3,6,9H2,1H3. The highest BCUT2D eigenvalue weighted by atomic mass is 35.5. The van der Waals surface area contributed by atoms with Gasteiger partial charge in [-0.25, -0.2) is 12.8 Å². The molecule has 0 atom stereocenters. The molecule has 7 heteroatoms. The molecule has 24 heavy (non-hydrogen) atoms. The normalized spacial score (nSPS) is 14.4. The van der Waals surface area contributed by atoms with Gasteiger partial charge in [-0.1, -0.05) is 17.7 Å². The SMILES string of the molecule is CS(=O)(=O)c1cccc(C(=O)N2CCCc3c(Cl)ccc(F)c32)c1. The molecular weight excluding hydrogens is 353 g/mol. The van der Waals surface area contributed by atoms with Gasteiger partial charge in [-0.05, 0) is 48.7 Å². The highest BCUT2D eigenvalue weighted by molar-refractivity contribution is 7.90. The monoisotopic (exact) mass is 367 g/mol. The lowest BCUT2D eigenvalue weighted by Crippen LogP contribution is -2.36. The van der Waals surface area contributed by atoms with E-state index in [1.165, 1.54) is 41.3 Å². The van der Waals surface area contributed by atoms with E-state index >= 15 is 0 Å². The lowest BCUT2D eigenvalue weighted by Gasteiger charge is -2.30. The quantitative estimate of drug-likeness (QED) is 0.816. The van der Waals surface area contributed by atoms with Crippen LogP contribution in [0.4, 0.5) is 10.1 Å². The Kier molecular flexibility index (Phi) is 4.36. The lowest BCUT2D eigenvalue weighted by atomic mass is 10.00. The van der Waals surface area contributed by atoms with Crippen LogP contribution in [0.15, 0.2) is 41.3 Å². The van der Waals surface area contributed by atoms with Crippen molar-refractivity contribution in [2.45, 2.75) is 17.7 Å². The minimum Gasteiger partial charge on any atom is -0.305 e. The van der Waals surface area contributed by atoms with E-state index in [4.69, 9.17) is 11.6 Å². The summed E-state index contributed by atoms with van der Waals surface area (Å²) >= 11 is 6.13. The largest absolute Gasteiger partial charge is 0.305 e. The Bertz CT molecular complexity index is 927. The van der Waals surface area contributed by atoms with Gasteiger partial charge in [0.05, 0.1) is 10.6 Å². The fraction of sp³-hybridized carbons (Fsp3) is 0.235. The van der Waals surface area contributed by atoms with Crippen molar-refractivity contribution in [1.82, 2.24) is 0 Å². The Morgan fingerprint density at radius 2 is 2.00 bits per heavy atom. The summed E-state index contributed by atoms with van der Waals surface area (Å²) in [5.74, 6) is -0.954. The number of hydrogen-bond donors (Lipinski definition) is 0. The van der Waals surface area contributed by atoms with Crippen LogP contribution in [0.25, 0.3) is 0 Å². The van der Waals surface area contributed by atoms with Crippen molar-refractivity contribution in [3.63, 3.8) is 0 Å². The summed E-state index contributed by atoms with van der Waals surface area (Å²) in [6, 6.07) is 8.48. The zero-order chi connectivity index (χ0) is 17.5. The fourth-order valence-corrected chi connectivity index (χ4v) is 3.77. The van der Waals surface area contributed by atoms with E-state index in [1.54, 1.807) is 0 Å². The molecule has 0 spiro atoms. The summed E-state index contributed by atoms with van der Waals surface area (Å²) < 4.78 is 37.7. The molecule has 2 aromatic carbocycles. The minimum absolute atomic E-state index is 0.0529. The molecule has 0 N–H and O–H groups in total. The summed E-state index contributed by atoms with van der Waals surface area (Å²) in [4.78, 5) is 14.2. The summed E-state index contributed by atoms with van der Waals surface area (Å²) in [6.45, 7) is 0.353. The van der Waals surface area contributed by atoms with Crippen LogP contribution in [-0.4, -0.2) is 27.1 Å². The summed E-state index contributed by atoms with van der Waals surface area (Å²) in [5, 5.41) is 0.425. The van der Waals surface area contributed by atoms with Crippen LogP contribution in [0.1, 0.15) is 22.3 Å². The smallest absolute Gasteiger partial charge is 0.258 e. The number of carbonyl (C=O) groups is 1. The molecule has 0 unspecified atom stereocenters. The number of rotatable bonds is 2. The number of hydrogen-bond acceptors (Lipinski definition) is 3. The van der Waals surface area contributed by atoms with E-state index < -0.39 is 21.6 Å². The third-order valence-electron chi connectivity index (χ3n) is 4.01. The average Bonchev–Trinajstić information content (AvgIpc) is 2.56. The molecule has 4 nitrogen and oxygen atoms in total. The number of carbonyl (C=O) groups excluding carboxylic acids is 1. The maximum atomic E-state index is 14.3. The van der Waals surface area contributed by atoms with Crippen molar-refractivity contribution in [1.29, 1.82) is 0 Å². The van der Waals surface area contributed by atoms with Gasteiger partial charge in [0.2, 0.25) is 0 Å². The molecule has 2 aromatic rings. The van der Waals surface area contributed by atoms with Crippen molar-refractivity contribution in [2.75, 3.05) is 17.7 Å². The van der Waals surface area contributed by atoms with Crippen molar-refractivity contribution in [2.24, 2.45) is 0 Å². The number of amides is 1. The molecular formula is C17H15ClFNO3S. The van der Waals surface area contributed by atoms with Gasteiger partial charge in [0, 0.05) is 23.4 Å². The second kappa shape index (κ2) is 6.18. The maximum absolute atomic E-state index is 14.3. The van der Waals surface area contributed by atoms with Crippen molar-refractivity contribution >= 4 is 33.0 Å². The van der Waals surface area contributed by atoms with E-state index in [0.717, 1.165) is 6.26 Å². The molecule has 0 aromatic heterocycles. The minimum atomic E-state index is -3.43. The van der Waals surface area contributed by atoms with Gasteiger partial charge in [0.1, 0.15) is 5.82 Å². The molecule has 126 valence electrons. The van der Waals surface area contributed by atoms with E-state index in [9.17, 15) is 17.6 Å². The number of nitrogens with zero attached hydrogens (tertiary/aromatic N) is 1. The molecule has 1 aliphatic heterocycles. The topological polar surface area (TPSA) is 54.5 Å². The Morgan fingerprint density at radius 1 is 1.25 bits per heavy atom. The second-order valence-corrected chi connectivity index (χ2v) is 8.14. The first kappa shape index (κ1) is 16.9. The molecule has 1 heterocycles. The first-order valence-corrected chi connectivity index (χ1v) is 9.65. The molecule has 0 saturated carbocycles. The molecule has 1 amide bonds. The number of sulfone groups is 1. The van der Waals surface area contributed by atoms with Crippen LogP contribution in [0.5, 0.6) is 0 Å². The van der Waals surface area contributed by atoms with Gasteiger partial charge in [-0.15, -0.1) is 0 Å². The average molecular weight is 368 g/mol. The van der Waals surface area contributed by atoms with Gasteiger partial charge < -0.3 is 4.90 Å². The van der Waals surface area contributed by atoms with E-state index in [2.05, 4.69) is 0 Å². The maximum Gasteiger partial charge on any atom is 0.258 e. The van der Waals surface area contributed by atoms with E-state index in [0.29, 0.717) is 30.0 Å². The van der Waals surface area contributed by atoms with Crippen molar-refractivity contribution in [3.8, 4) is 0 Å². The number of anilines is 1. The van der Waals surface area contributed by atoms with Crippen molar-refractivity contribution in [3.05, 3.63) is 58.4 Å². The highest BCUT2D eigenvalue weighted by Crippen LogP contribution is 2.35. The molecule has 0 saturated heterocycles. The Labute approximate surface area is 144 Å². The molecule has 0 radical (unpaired) electrons. The molecule has 3 rings (SSSR count). The van der Waals surface area contributed by atoms with Crippen LogP contribution < -0.4 is 4.90 Å². The number of halogens is 2. The molecule has 1 aliphatic rings. The summed E-state index contributed by atoms with van der Waals surface area (Å²) in [7, 11) is -3.43. The molecule has 0 fully saturated rings. The predicted molar refractivity (Wildman–Crippen MR) is 91.0 cm³/mol. The first-order valence-electron chi connectivity index (χ1n) is 7.38. The Balaban J connectivity index is 2.06. The van der Waals surface area contributed by atoms with Gasteiger partial charge in [-0.3, -0.25) is 4.79 Å². The summed E-state index contributed by atoms with van der Waals surface area (Å²) in [5.41, 5.74) is 0.990. The summed E-state index contributed by atoms with van der Waals surface area (Å²) in [6.07, 6.45) is 2.33.